The van der Waals surface area contributed by atoms with Gasteiger partial charge in [-0.25, -0.2) is 9.18 Å². The third-order valence-electron chi connectivity index (χ3n) is 3.92. The molecule has 1 unspecified atom stereocenters. The smallest absolute Gasteiger partial charge is 0.328 e. The number of carboxylic acids is 1. The lowest BCUT2D eigenvalue weighted by Crippen LogP contribution is -2.50. The fraction of sp³-hybridized carbons (Fsp3) is 0.571. The zero-order valence-corrected chi connectivity index (χ0v) is 11.1. The molecular formula is C14H19FN2O2. The Morgan fingerprint density at radius 3 is 2.47 bits per heavy atom. The summed E-state index contributed by atoms with van der Waals surface area (Å²) in [6.45, 7) is 3.08. The number of pyridine rings is 1. The first-order chi connectivity index (χ1) is 9.05. The average molecular weight is 266 g/mol. The summed E-state index contributed by atoms with van der Waals surface area (Å²) in [5.74, 6) is -1.46. The lowest BCUT2D eigenvalue weighted by molar-refractivity contribution is -0.151. The van der Waals surface area contributed by atoms with Crippen molar-refractivity contribution in [3.05, 3.63) is 29.8 Å². The van der Waals surface area contributed by atoms with E-state index in [9.17, 15) is 14.3 Å². The van der Waals surface area contributed by atoms with Gasteiger partial charge in [0.2, 0.25) is 0 Å². The second-order valence-corrected chi connectivity index (χ2v) is 5.17. The van der Waals surface area contributed by atoms with Crippen LogP contribution >= 0.6 is 0 Å². The van der Waals surface area contributed by atoms with E-state index in [4.69, 9.17) is 0 Å². The molecule has 2 rings (SSSR count). The molecule has 2 heterocycles. The number of nitrogens with zero attached hydrogens (tertiary/aromatic N) is 2. The van der Waals surface area contributed by atoms with Crippen LogP contribution in [0.15, 0.2) is 18.5 Å². The van der Waals surface area contributed by atoms with E-state index in [1.165, 1.54) is 12.3 Å². The zero-order valence-electron chi connectivity index (χ0n) is 11.1. The van der Waals surface area contributed by atoms with E-state index in [1.54, 1.807) is 6.92 Å². The highest BCUT2D eigenvalue weighted by Crippen LogP contribution is 2.31. The highest BCUT2D eigenvalue weighted by Gasteiger charge is 2.41. The Kier molecular flexibility index (Phi) is 4.14. The van der Waals surface area contributed by atoms with Gasteiger partial charge in [-0.3, -0.25) is 9.88 Å². The normalized spacial score (nSPS) is 20.5. The van der Waals surface area contributed by atoms with Gasteiger partial charge in [0.15, 0.2) is 0 Å². The monoisotopic (exact) mass is 266 g/mol. The quantitative estimate of drug-likeness (QED) is 0.912. The van der Waals surface area contributed by atoms with Gasteiger partial charge in [-0.15, -0.1) is 0 Å². The predicted octanol–water partition coefficient (Wildman–Crippen LogP) is 2.40. The molecule has 1 aliphatic rings. The molecule has 0 saturated carbocycles. The maximum absolute atomic E-state index is 13.3. The Hall–Kier alpha value is -1.49. The van der Waals surface area contributed by atoms with Gasteiger partial charge in [-0.05, 0) is 38.9 Å². The lowest BCUT2D eigenvalue weighted by atomic mass is 9.91. The van der Waals surface area contributed by atoms with Crippen molar-refractivity contribution >= 4 is 5.97 Å². The summed E-state index contributed by atoms with van der Waals surface area (Å²) in [4.78, 5) is 17.5. The van der Waals surface area contributed by atoms with E-state index in [1.807, 2.05) is 4.90 Å². The van der Waals surface area contributed by atoms with Gasteiger partial charge in [-0.2, -0.15) is 0 Å². The Labute approximate surface area is 112 Å². The van der Waals surface area contributed by atoms with Crippen LogP contribution in [0, 0.1) is 5.82 Å². The molecule has 1 N–H and O–H groups in total. The molecule has 1 saturated heterocycles. The van der Waals surface area contributed by atoms with Crippen LogP contribution in [0.2, 0.25) is 0 Å². The number of rotatable bonds is 3. The van der Waals surface area contributed by atoms with Crippen LogP contribution in [-0.2, 0) is 10.3 Å². The molecule has 1 aromatic heterocycles. The maximum Gasteiger partial charge on any atom is 0.328 e. The largest absolute Gasteiger partial charge is 0.480 e. The van der Waals surface area contributed by atoms with E-state index >= 15 is 0 Å². The first-order valence-corrected chi connectivity index (χ1v) is 6.64. The van der Waals surface area contributed by atoms with Crippen LogP contribution in [0.25, 0.3) is 0 Å². The van der Waals surface area contributed by atoms with Gasteiger partial charge in [0.05, 0.1) is 6.20 Å². The summed E-state index contributed by atoms with van der Waals surface area (Å²) in [7, 11) is 0. The van der Waals surface area contributed by atoms with Crippen molar-refractivity contribution in [2.45, 2.75) is 38.1 Å². The third kappa shape index (κ3) is 2.76. The van der Waals surface area contributed by atoms with Crippen LogP contribution < -0.4 is 0 Å². The van der Waals surface area contributed by atoms with Crippen LogP contribution in [-0.4, -0.2) is 34.0 Å². The number of halogens is 1. The topological polar surface area (TPSA) is 53.4 Å². The summed E-state index contributed by atoms with van der Waals surface area (Å²) >= 11 is 0. The van der Waals surface area contributed by atoms with Crippen molar-refractivity contribution < 1.29 is 14.3 Å². The highest BCUT2D eigenvalue weighted by atomic mass is 19.1. The molecule has 0 aliphatic carbocycles. The summed E-state index contributed by atoms with van der Waals surface area (Å²) in [5, 5.41) is 9.63. The van der Waals surface area contributed by atoms with Crippen molar-refractivity contribution in [1.29, 1.82) is 0 Å². The standard InChI is InChI=1S/C14H19FN2O2/c1-14(13(18)19,11-8-12(15)10-16-9-11)17-6-4-2-3-5-7-17/h8-10H,2-7H2,1H3,(H,18,19). The van der Waals surface area contributed by atoms with E-state index in [-0.39, 0.29) is 0 Å². The van der Waals surface area contributed by atoms with Gasteiger partial charge in [0, 0.05) is 11.8 Å². The molecule has 1 aromatic rings. The molecule has 1 atom stereocenters. The van der Waals surface area contributed by atoms with Crippen molar-refractivity contribution in [3.8, 4) is 0 Å². The van der Waals surface area contributed by atoms with Gasteiger partial charge < -0.3 is 5.11 Å². The Morgan fingerprint density at radius 1 is 1.32 bits per heavy atom. The fourth-order valence-electron chi connectivity index (χ4n) is 2.64. The van der Waals surface area contributed by atoms with E-state index < -0.39 is 17.3 Å². The Balaban J connectivity index is 2.38. The van der Waals surface area contributed by atoms with Crippen molar-refractivity contribution in [1.82, 2.24) is 9.88 Å². The summed E-state index contributed by atoms with van der Waals surface area (Å²) < 4.78 is 13.3. The van der Waals surface area contributed by atoms with E-state index in [0.29, 0.717) is 5.56 Å². The molecule has 19 heavy (non-hydrogen) atoms. The molecule has 4 nitrogen and oxygen atoms in total. The van der Waals surface area contributed by atoms with Gasteiger partial charge >= 0.3 is 5.97 Å². The van der Waals surface area contributed by atoms with Crippen LogP contribution in [0.3, 0.4) is 0 Å². The number of carboxylic acid groups (broad SMARTS) is 1. The average Bonchev–Trinajstić information content (AvgIpc) is 2.66. The van der Waals surface area contributed by atoms with E-state index in [2.05, 4.69) is 4.98 Å². The van der Waals surface area contributed by atoms with Crippen molar-refractivity contribution in [3.63, 3.8) is 0 Å². The minimum Gasteiger partial charge on any atom is -0.480 e. The lowest BCUT2D eigenvalue weighted by Gasteiger charge is -2.37. The molecular weight excluding hydrogens is 247 g/mol. The molecule has 0 amide bonds. The number of likely N-dealkylation sites (tertiary alicyclic amines) is 1. The minimum absolute atomic E-state index is 0.405. The Morgan fingerprint density at radius 2 is 1.95 bits per heavy atom. The molecule has 0 radical (unpaired) electrons. The molecule has 1 aliphatic heterocycles. The van der Waals surface area contributed by atoms with Gasteiger partial charge in [0.25, 0.3) is 0 Å². The first kappa shape index (κ1) is 13.9. The fourth-order valence-corrected chi connectivity index (χ4v) is 2.64. The van der Waals surface area contributed by atoms with Crippen molar-refractivity contribution in [2.24, 2.45) is 0 Å². The summed E-state index contributed by atoms with van der Waals surface area (Å²) in [6, 6.07) is 1.27. The second-order valence-electron chi connectivity index (χ2n) is 5.17. The van der Waals surface area contributed by atoms with E-state index in [0.717, 1.165) is 45.0 Å². The number of carbonyl (C=O) groups is 1. The van der Waals surface area contributed by atoms with Crippen LogP contribution in [0.1, 0.15) is 38.2 Å². The number of hydrogen-bond donors (Lipinski definition) is 1. The first-order valence-electron chi connectivity index (χ1n) is 6.64. The van der Waals surface area contributed by atoms with Crippen LogP contribution in [0.5, 0.6) is 0 Å². The minimum atomic E-state index is -1.21. The number of aliphatic carboxylic acids is 1. The highest BCUT2D eigenvalue weighted by molar-refractivity contribution is 5.80. The van der Waals surface area contributed by atoms with Crippen molar-refractivity contribution in [2.75, 3.05) is 13.1 Å². The second kappa shape index (κ2) is 5.65. The molecule has 104 valence electrons. The summed E-state index contributed by atoms with van der Waals surface area (Å²) in [6.07, 6.45) is 6.73. The van der Waals surface area contributed by atoms with Gasteiger partial charge in [-0.1, -0.05) is 12.8 Å². The zero-order chi connectivity index (χ0) is 13.9. The van der Waals surface area contributed by atoms with Crippen LogP contribution in [0.4, 0.5) is 4.39 Å². The maximum atomic E-state index is 13.3. The number of aromatic nitrogens is 1. The van der Waals surface area contributed by atoms with Gasteiger partial charge in [0.1, 0.15) is 11.4 Å². The molecule has 0 aromatic carbocycles. The molecule has 5 heteroatoms. The SMILES string of the molecule is CC(C(=O)O)(c1cncc(F)c1)N1CCCCCC1. The Bertz CT molecular complexity index is 459. The number of hydrogen-bond acceptors (Lipinski definition) is 3. The molecule has 0 bridgehead atoms. The summed E-state index contributed by atoms with van der Waals surface area (Å²) in [5.41, 5.74) is -0.804. The third-order valence-corrected chi connectivity index (χ3v) is 3.92. The molecule has 1 fully saturated rings. The molecule has 0 spiro atoms. The predicted molar refractivity (Wildman–Crippen MR) is 69.2 cm³/mol.